The first-order valence-corrected chi connectivity index (χ1v) is 9.19. The van der Waals surface area contributed by atoms with Crippen LogP contribution in [0, 0.1) is 5.82 Å². The Bertz CT molecular complexity index is 865. The van der Waals surface area contributed by atoms with Crippen molar-refractivity contribution in [1.29, 1.82) is 0 Å². The van der Waals surface area contributed by atoms with Crippen molar-refractivity contribution in [3.63, 3.8) is 0 Å². The van der Waals surface area contributed by atoms with Crippen LogP contribution in [-0.4, -0.2) is 30.2 Å². The highest BCUT2D eigenvalue weighted by atomic mass is 19.1. The minimum absolute atomic E-state index is 0.0260. The molecule has 2 unspecified atom stereocenters. The second-order valence-corrected chi connectivity index (χ2v) is 6.99. The first-order chi connectivity index (χ1) is 13.2. The standard InChI is InChI=1S/C22H22FNO3/c1-26-21-13-16(7-10-20(21)23)17-11-18-8-9-19(12-17)24(18)22(25)27-14-15-5-3-2-4-6-15/h2-7,10-11,13,18-19H,8-9,12,14H2,1H3. The van der Waals surface area contributed by atoms with Gasteiger partial charge in [-0.3, -0.25) is 4.90 Å². The van der Waals surface area contributed by atoms with Crippen molar-refractivity contribution in [3.8, 4) is 5.75 Å². The molecule has 0 aliphatic carbocycles. The van der Waals surface area contributed by atoms with Crippen LogP contribution in [0.1, 0.15) is 30.4 Å². The Balaban J connectivity index is 1.48. The third-order valence-electron chi connectivity index (χ3n) is 5.33. The van der Waals surface area contributed by atoms with Crippen molar-refractivity contribution in [2.45, 2.75) is 38.0 Å². The number of rotatable bonds is 4. The van der Waals surface area contributed by atoms with E-state index in [0.717, 1.165) is 36.0 Å². The smallest absolute Gasteiger partial charge is 0.410 e. The van der Waals surface area contributed by atoms with E-state index >= 15 is 0 Å². The number of carbonyl (C=O) groups is 1. The van der Waals surface area contributed by atoms with Crippen LogP contribution in [0.15, 0.2) is 54.6 Å². The molecule has 4 nitrogen and oxygen atoms in total. The Kier molecular flexibility index (Phi) is 4.84. The van der Waals surface area contributed by atoms with E-state index in [1.54, 1.807) is 12.1 Å². The third kappa shape index (κ3) is 3.54. The second kappa shape index (κ2) is 7.43. The first-order valence-electron chi connectivity index (χ1n) is 9.19. The summed E-state index contributed by atoms with van der Waals surface area (Å²) in [5.74, 6) is -0.128. The molecule has 2 heterocycles. The highest BCUT2D eigenvalue weighted by Crippen LogP contribution is 2.39. The van der Waals surface area contributed by atoms with Gasteiger partial charge in [0.15, 0.2) is 11.6 Å². The summed E-state index contributed by atoms with van der Waals surface area (Å²) in [6.45, 7) is 0.279. The van der Waals surface area contributed by atoms with E-state index in [-0.39, 0.29) is 36.4 Å². The van der Waals surface area contributed by atoms with Crippen molar-refractivity contribution in [1.82, 2.24) is 4.90 Å². The molecule has 5 heteroatoms. The zero-order chi connectivity index (χ0) is 18.8. The predicted octanol–water partition coefficient (Wildman–Crippen LogP) is 4.79. The molecule has 2 aromatic carbocycles. The molecule has 0 spiro atoms. The highest BCUT2D eigenvalue weighted by molar-refractivity contribution is 5.75. The van der Waals surface area contributed by atoms with Crippen molar-refractivity contribution in [2.75, 3.05) is 7.11 Å². The average molecular weight is 367 g/mol. The molecule has 0 radical (unpaired) electrons. The zero-order valence-corrected chi connectivity index (χ0v) is 15.2. The first kappa shape index (κ1) is 17.6. The fraction of sp³-hybridized carbons (Fsp3) is 0.318. The predicted molar refractivity (Wildman–Crippen MR) is 101 cm³/mol. The van der Waals surface area contributed by atoms with Crippen LogP contribution in [0.3, 0.4) is 0 Å². The fourth-order valence-corrected chi connectivity index (χ4v) is 3.98. The average Bonchev–Trinajstić information content (AvgIpc) is 2.97. The van der Waals surface area contributed by atoms with Crippen LogP contribution in [0.4, 0.5) is 9.18 Å². The van der Waals surface area contributed by atoms with Crippen molar-refractivity contribution in [3.05, 3.63) is 71.6 Å². The second-order valence-electron chi connectivity index (χ2n) is 6.99. The molecule has 1 saturated heterocycles. The summed E-state index contributed by atoms with van der Waals surface area (Å²) in [6, 6.07) is 14.8. The maximum atomic E-state index is 13.7. The summed E-state index contributed by atoms with van der Waals surface area (Å²) in [6.07, 6.45) is 4.46. The quantitative estimate of drug-likeness (QED) is 0.780. The van der Waals surface area contributed by atoms with Gasteiger partial charge in [0.2, 0.25) is 0 Å². The monoisotopic (exact) mass is 367 g/mol. The maximum absolute atomic E-state index is 13.7. The number of halogens is 1. The number of fused-ring (bicyclic) bond motifs is 2. The van der Waals surface area contributed by atoms with Gasteiger partial charge in [0.05, 0.1) is 13.2 Å². The number of carbonyl (C=O) groups excluding carboxylic acids is 1. The molecule has 2 aliphatic heterocycles. The third-order valence-corrected chi connectivity index (χ3v) is 5.33. The zero-order valence-electron chi connectivity index (χ0n) is 15.2. The summed E-state index contributed by atoms with van der Waals surface area (Å²) < 4.78 is 24.3. The van der Waals surface area contributed by atoms with E-state index in [1.807, 2.05) is 35.2 Å². The molecule has 0 aromatic heterocycles. The number of methoxy groups -OCH3 is 1. The SMILES string of the molecule is COc1cc(C2=CC3CCC(C2)N3C(=O)OCc2ccccc2)ccc1F. The lowest BCUT2D eigenvalue weighted by Crippen LogP contribution is -2.43. The summed E-state index contributed by atoms with van der Waals surface area (Å²) in [5, 5.41) is 0. The number of hydrogen-bond acceptors (Lipinski definition) is 3. The maximum Gasteiger partial charge on any atom is 0.410 e. The molecule has 27 heavy (non-hydrogen) atoms. The number of amides is 1. The van der Waals surface area contributed by atoms with Crippen LogP contribution in [0.25, 0.3) is 5.57 Å². The summed E-state index contributed by atoms with van der Waals surface area (Å²) in [7, 11) is 1.46. The van der Waals surface area contributed by atoms with E-state index in [1.165, 1.54) is 13.2 Å². The Labute approximate surface area is 158 Å². The highest BCUT2D eigenvalue weighted by Gasteiger charge is 2.40. The molecule has 0 saturated carbocycles. The van der Waals surface area contributed by atoms with Crippen molar-refractivity contribution in [2.24, 2.45) is 0 Å². The van der Waals surface area contributed by atoms with Crippen molar-refractivity contribution >= 4 is 11.7 Å². The molecule has 0 N–H and O–H groups in total. The van der Waals surface area contributed by atoms with Gasteiger partial charge in [-0.1, -0.05) is 42.5 Å². The summed E-state index contributed by atoms with van der Waals surface area (Å²) in [4.78, 5) is 14.5. The van der Waals surface area contributed by atoms with Crippen LogP contribution in [0.5, 0.6) is 5.75 Å². The van der Waals surface area contributed by atoms with E-state index < -0.39 is 0 Å². The van der Waals surface area contributed by atoms with Gasteiger partial charge in [-0.2, -0.15) is 0 Å². The lowest BCUT2D eigenvalue weighted by atomic mass is 9.95. The molecule has 2 aromatic rings. The molecule has 140 valence electrons. The van der Waals surface area contributed by atoms with Crippen LogP contribution in [-0.2, 0) is 11.3 Å². The van der Waals surface area contributed by atoms with Gasteiger partial charge >= 0.3 is 6.09 Å². The fourth-order valence-electron chi connectivity index (χ4n) is 3.98. The summed E-state index contributed by atoms with van der Waals surface area (Å²) in [5.41, 5.74) is 3.06. The molecule has 1 amide bonds. The Morgan fingerprint density at radius 2 is 2.00 bits per heavy atom. The molecule has 1 fully saturated rings. The molecule has 4 rings (SSSR count). The number of nitrogens with zero attached hydrogens (tertiary/aromatic N) is 1. The van der Waals surface area contributed by atoms with E-state index in [9.17, 15) is 9.18 Å². The van der Waals surface area contributed by atoms with Crippen LogP contribution in [0.2, 0.25) is 0 Å². The van der Waals surface area contributed by atoms with Gasteiger partial charge in [-0.15, -0.1) is 0 Å². The number of hydrogen-bond donors (Lipinski definition) is 0. The Morgan fingerprint density at radius 3 is 2.74 bits per heavy atom. The van der Waals surface area contributed by atoms with E-state index in [4.69, 9.17) is 9.47 Å². The minimum Gasteiger partial charge on any atom is -0.494 e. The molecular formula is C22H22FNO3. The topological polar surface area (TPSA) is 38.8 Å². The van der Waals surface area contributed by atoms with Crippen LogP contribution >= 0.6 is 0 Å². The lowest BCUT2D eigenvalue weighted by Gasteiger charge is -2.33. The van der Waals surface area contributed by atoms with Gasteiger partial charge in [0.1, 0.15) is 6.61 Å². The molecule has 2 atom stereocenters. The molecule has 2 aliphatic rings. The minimum atomic E-state index is -0.369. The van der Waals surface area contributed by atoms with Gasteiger partial charge in [-0.05, 0) is 48.1 Å². The van der Waals surface area contributed by atoms with Gasteiger partial charge < -0.3 is 9.47 Å². The summed E-state index contributed by atoms with van der Waals surface area (Å²) >= 11 is 0. The molecular weight excluding hydrogens is 345 g/mol. The Morgan fingerprint density at radius 1 is 1.19 bits per heavy atom. The molecule has 2 bridgehead atoms. The lowest BCUT2D eigenvalue weighted by molar-refractivity contribution is 0.0832. The number of benzene rings is 2. The van der Waals surface area contributed by atoms with Gasteiger partial charge in [0, 0.05) is 6.04 Å². The van der Waals surface area contributed by atoms with E-state index in [0.29, 0.717) is 0 Å². The van der Waals surface area contributed by atoms with Gasteiger partial charge in [-0.25, -0.2) is 9.18 Å². The van der Waals surface area contributed by atoms with E-state index in [2.05, 4.69) is 6.08 Å². The normalized spacial score (nSPS) is 21.0. The number of ether oxygens (including phenoxy) is 2. The van der Waals surface area contributed by atoms with Crippen molar-refractivity contribution < 1.29 is 18.7 Å². The van der Waals surface area contributed by atoms with Gasteiger partial charge in [0.25, 0.3) is 0 Å². The Hall–Kier alpha value is -2.82. The van der Waals surface area contributed by atoms with Crippen LogP contribution < -0.4 is 4.74 Å². The largest absolute Gasteiger partial charge is 0.494 e.